The van der Waals surface area contributed by atoms with Gasteiger partial charge in [-0.25, -0.2) is 4.79 Å². The first-order valence-corrected chi connectivity index (χ1v) is 5.07. The number of aliphatic hydroxyl groups is 1. The summed E-state index contributed by atoms with van der Waals surface area (Å²) in [5, 5.41) is 19.7. The molecule has 8 heteroatoms. The highest BCUT2D eigenvalue weighted by Gasteiger charge is 2.42. The van der Waals surface area contributed by atoms with Crippen molar-refractivity contribution in [3.05, 3.63) is 35.9 Å². The van der Waals surface area contributed by atoms with Gasteiger partial charge in [-0.3, -0.25) is 4.79 Å². The Labute approximate surface area is 105 Å². The molecule has 5 nitrogen and oxygen atoms in total. The molecule has 0 aliphatic heterocycles. The van der Waals surface area contributed by atoms with Crippen LogP contribution in [-0.2, 0) is 9.59 Å². The van der Waals surface area contributed by atoms with Crippen LogP contribution in [0.15, 0.2) is 30.3 Å². The molecule has 0 aliphatic carbocycles. The maximum absolute atomic E-state index is 12.1. The molecule has 2 unspecified atom stereocenters. The summed E-state index contributed by atoms with van der Waals surface area (Å²) in [5.41, 5.74) is 0.0809. The number of carbonyl (C=O) groups excluding carboxylic acids is 1. The molecule has 0 heterocycles. The van der Waals surface area contributed by atoms with Gasteiger partial charge in [-0.15, -0.1) is 0 Å². The Hall–Kier alpha value is -2.09. The number of carboxylic acid groups (broad SMARTS) is 1. The van der Waals surface area contributed by atoms with E-state index in [4.69, 9.17) is 5.11 Å². The number of halogens is 3. The van der Waals surface area contributed by atoms with E-state index in [1.807, 2.05) is 0 Å². The SMILES string of the molecule is O=C(O)C(NC(=O)C(F)(F)F)C(O)c1ccccc1. The fourth-order valence-corrected chi connectivity index (χ4v) is 1.34. The molecule has 1 aromatic rings. The van der Waals surface area contributed by atoms with Gasteiger partial charge >= 0.3 is 18.1 Å². The molecule has 19 heavy (non-hydrogen) atoms. The standard InChI is InChI=1S/C11H10F3NO4/c12-11(13,14)10(19)15-7(9(17)18)8(16)6-4-2-1-3-5-6/h1-5,7-8,16H,(H,15,19)(H,17,18). The van der Waals surface area contributed by atoms with Crippen molar-refractivity contribution < 1.29 is 33.0 Å². The second kappa shape index (κ2) is 5.70. The van der Waals surface area contributed by atoms with Gasteiger partial charge in [-0.05, 0) is 5.56 Å². The molecule has 0 fully saturated rings. The van der Waals surface area contributed by atoms with Gasteiger partial charge in [0, 0.05) is 0 Å². The van der Waals surface area contributed by atoms with Gasteiger partial charge in [-0.2, -0.15) is 13.2 Å². The average Bonchev–Trinajstić information content (AvgIpc) is 2.34. The minimum absolute atomic E-state index is 0.0809. The molecular weight excluding hydrogens is 267 g/mol. The summed E-state index contributed by atoms with van der Waals surface area (Å²) in [5.74, 6) is -4.19. The fraction of sp³-hybridized carbons (Fsp3) is 0.273. The molecule has 0 aromatic heterocycles. The number of carbonyl (C=O) groups is 2. The first-order valence-electron chi connectivity index (χ1n) is 5.07. The van der Waals surface area contributed by atoms with Crippen LogP contribution in [0.4, 0.5) is 13.2 Å². The lowest BCUT2D eigenvalue weighted by Gasteiger charge is -2.21. The molecule has 0 aliphatic rings. The number of alkyl halides is 3. The highest BCUT2D eigenvalue weighted by molar-refractivity contribution is 5.87. The lowest BCUT2D eigenvalue weighted by atomic mass is 10.0. The van der Waals surface area contributed by atoms with Crippen LogP contribution in [0.5, 0.6) is 0 Å². The summed E-state index contributed by atoms with van der Waals surface area (Å²) in [6.07, 6.45) is -7.01. The Bertz CT molecular complexity index is 461. The number of aliphatic carboxylic acids is 1. The maximum Gasteiger partial charge on any atom is 0.471 e. The highest BCUT2D eigenvalue weighted by atomic mass is 19.4. The van der Waals surface area contributed by atoms with E-state index in [1.165, 1.54) is 29.6 Å². The van der Waals surface area contributed by atoms with Crippen molar-refractivity contribution in [2.75, 3.05) is 0 Å². The van der Waals surface area contributed by atoms with Crippen molar-refractivity contribution in [2.45, 2.75) is 18.3 Å². The minimum atomic E-state index is -5.22. The topological polar surface area (TPSA) is 86.6 Å². The van der Waals surface area contributed by atoms with E-state index in [-0.39, 0.29) is 5.56 Å². The first kappa shape index (κ1) is 15.0. The molecule has 0 saturated heterocycles. The number of benzene rings is 1. The second-order valence-electron chi connectivity index (χ2n) is 3.64. The van der Waals surface area contributed by atoms with E-state index in [0.29, 0.717) is 0 Å². The molecule has 0 bridgehead atoms. The van der Waals surface area contributed by atoms with E-state index in [2.05, 4.69) is 0 Å². The molecule has 3 N–H and O–H groups in total. The summed E-state index contributed by atoms with van der Waals surface area (Å²) < 4.78 is 36.2. The summed E-state index contributed by atoms with van der Waals surface area (Å²) in [6.45, 7) is 0. The first-order chi connectivity index (χ1) is 8.73. The van der Waals surface area contributed by atoms with E-state index in [9.17, 15) is 27.9 Å². The van der Waals surface area contributed by atoms with E-state index < -0.39 is 30.2 Å². The maximum atomic E-state index is 12.1. The van der Waals surface area contributed by atoms with Gasteiger partial charge in [0.15, 0.2) is 6.04 Å². The Morgan fingerprint density at radius 3 is 2.11 bits per heavy atom. The molecule has 1 rings (SSSR count). The average molecular weight is 277 g/mol. The van der Waals surface area contributed by atoms with Crippen LogP contribution in [0, 0.1) is 0 Å². The van der Waals surface area contributed by atoms with Gasteiger partial charge in [0.2, 0.25) is 0 Å². The van der Waals surface area contributed by atoms with Crippen molar-refractivity contribution in [3.63, 3.8) is 0 Å². The molecular formula is C11H10F3NO4. The number of amides is 1. The van der Waals surface area contributed by atoms with Crippen LogP contribution in [0.2, 0.25) is 0 Å². The summed E-state index contributed by atoms with van der Waals surface area (Å²) in [7, 11) is 0. The van der Waals surface area contributed by atoms with Crippen LogP contribution in [0.25, 0.3) is 0 Å². The van der Waals surface area contributed by atoms with Crippen LogP contribution in [0.3, 0.4) is 0 Å². The van der Waals surface area contributed by atoms with E-state index >= 15 is 0 Å². The van der Waals surface area contributed by atoms with Gasteiger partial charge in [-0.1, -0.05) is 30.3 Å². The lowest BCUT2D eigenvalue weighted by molar-refractivity contribution is -0.176. The molecule has 1 amide bonds. The summed E-state index contributed by atoms with van der Waals surface area (Å²) in [6, 6.07) is 5.11. The smallest absolute Gasteiger partial charge is 0.471 e. The van der Waals surface area contributed by atoms with Crippen molar-refractivity contribution >= 4 is 11.9 Å². The molecule has 104 valence electrons. The minimum Gasteiger partial charge on any atom is -0.480 e. The quantitative estimate of drug-likeness (QED) is 0.761. The zero-order valence-corrected chi connectivity index (χ0v) is 9.39. The van der Waals surface area contributed by atoms with Crippen LogP contribution < -0.4 is 5.32 Å². The zero-order valence-electron chi connectivity index (χ0n) is 9.39. The summed E-state index contributed by atoms with van der Waals surface area (Å²) >= 11 is 0. The lowest BCUT2D eigenvalue weighted by Crippen LogP contribution is -2.49. The molecule has 0 saturated carbocycles. The Morgan fingerprint density at radius 2 is 1.68 bits per heavy atom. The Morgan fingerprint density at radius 1 is 1.16 bits per heavy atom. The third kappa shape index (κ3) is 3.95. The number of aliphatic hydroxyl groups excluding tert-OH is 1. The highest BCUT2D eigenvalue weighted by Crippen LogP contribution is 2.19. The van der Waals surface area contributed by atoms with Gasteiger partial charge in [0.05, 0.1) is 0 Å². The van der Waals surface area contributed by atoms with Crippen molar-refractivity contribution in [1.82, 2.24) is 5.32 Å². The van der Waals surface area contributed by atoms with Gasteiger partial charge in [0.25, 0.3) is 0 Å². The number of nitrogens with one attached hydrogen (secondary N) is 1. The number of rotatable bonds is 4. The van der Waals surface area contributed by atoms with Crippen molar-refractivity contribution in [3.8, 4) is 0 Å². The van der Waals surface area contributed by atoms with Crippen molar-refractivity contribution in [2.24, 2.45) is 0 Å². The predicted molar refractivity (Wildman–Crippen MR) is 57.0 cm³/mol. The van der Waals surface area contributed by atoms with E-state index in [0.717, 1.165) is 0 Å². The molecule has 0 spiro atoms. The molecule has 0 radical (unpaired) electrons. The zero-order chi connectivity index (χ0) is 14.6. The Kier molecular flexibility index (Phi) is 4.49. The number of hydrogen-bond donors (Lipinski definition) is 3. The Balaban J connectivity index is 2.90. The van der Waals surface area contributed by atoms with Crippen LogP contribution in [-0.4, -0.2) is 34.3 Å². The normalized spacial score (nSPS) is 14.5. The molecule has 2 atom stereocenters. The number of hydrogen-bond acceptors (Lipinski definition) is 3. The van der Waals surface area contributed by atoms with Crippen LogP contribution in [0.1, 0.15) is 11.7 Å². The fourth-order valence-electron chi connectivity index (χ4n) is 1.34. The third-order valence-electron chi connectivity index (χ3n) is 2.27. The number of carboxylic acids is 1. The van der Waals surface area contributed by atoms with Gasteiger partial charge < -0.3 is 15.5 Å². The predicted octanol–water partition coefficient (Wildman–Crippen LogP) is 0.852. The van der Waals surface area contributed by atoms with E-state index in [1.54, 1.807) is 6.07 Å². The molecule has 1 aromatic carbocycles. The monoisotopic (exact) mass is 277 g/mol. The second-order valence-corrected chi connectivity index (χ2v) is 3.64. The third-order valence-corrected chi connectivity index (χ3v) is 2.27. The summed E-state index contributed by atoms with van der Waals surface area (Å²) in [4.78, 5) is 21.5. The van der Waals surface area contributed by atoms with Crippen LogP contribution >= 0.6 is 0 Å². The van der Waals surface area contributed by atoms with Crippen molar-refractivity contribution in [1.29, 1.82) is 0 Å². The largest absolute Gasteiger partial charge is 0.480 e. The van der Waals surface area contributed by atoms with Gasteiger partial charge in [0.1, 0.15) is 6.10 Å².